The molecule has 1 saturated heterocycles. The average Bonchev–Trinajstić information content (AvgIpc) is 2.39. The largest absolute Gasteiger partial charge is 0.336 e. The van der Waals surface area contributed by atoms with E-state index < -0.39 is 0 Å². The fraction of sp³-hybridized carbons (Fsp3) is 0.500. The van der Waals surface area contributed by atoms with Gasteiger partial charge >= 0.3 is 0 Å². The van der Waals surface area contributed by atoms with Gasteiger partial charge in [-0.15, -0.1) is 0 Å². The summed E-state index contributed by atoms with van der Waals surface area (Å²) in [6.07, 6.45) is 3.31. The van der Waals surface area contributed by atoms with Crippen molar-refractivity contribution >= 4 is 37.8 Å². The number of amides is 1. The molecular weight excluding hydrogens is 362 g/mol. The molecule has 1 fully saturated rings. The zero-order valence-electron chi connectivity index (χ0n) is 9.98. The Labute approximate surface area is 124 Å². The van der Waals surface area contributed by atoms with Gasteiger partial charge in [0.05, 0.1) is 5.56 Å². The third-order valence-corrected chi connectivity index (χ3v) is 3.80. The number of pyridine rings is 1. The second-order valence-electron chi connectivity index (χ2n) is 4.21. The van der Waals surface area contributed by atoms with Gasteiger partial charge in [0, 0.05) is 54.9 Å². The van der Waals surface area contributed by atoms with Crippen LogP contribution in [-0.2, 0) is 0 Å². The van der Waals surface area contributed by atoms with E-state index in [1.807, 2.05) is 11.0 Å². The minimum atomic E-state index is 0.0716. The molecule has 2 heterocycles. The predicted molar refractivity (Wildman–Crippen MR) is 78.1 cm³/mol. The molecule has 0 saturated carbocycles. The number of hydrogen-bond acceptors (Lipinski definition) is 3. The lowest BCUT2D eigenvalue weighted by Crippen LogP contribution is -2.49. The standard InChI is InChI=1S/C12H15Br2N3O/c13-1-2-16-3-5-17(6-4-16)12(18)10-7-11(14)9-15-8-10/h7-9H,1-6H2. The van der Waals surface area contributed by atoms with E-state index in [4.69, 9.17) is 0 Å². The molecule has 0 atom stereocenters. The van der Waals surface area contributed by atoms with Gasteiger partial charge in [0.1, 0.15) is 0 Å². The van der Waals surface area contributed by atoms with E-state index in [1.54, 1.807) is 12.4 Å². The highest BCUT2D eigenvalue weighted by atomic mass is 79.9. The Balaban J connectivity index is 1.95. The molecule has 4 nitrogen and oxygen atoms in total. The maximum absolute atomic E-state index is 12.3. The quantitative estimate of drug-likeness (QED) is 0.757. The number of rotatable bonds is 3. The molecule has 0 aliphatic carbocycles. The van der Waals surface area contributed by atoms with Crippen LogP contribution in [0.1, 0.15) is 10.4 Å². The number of piperazine rings is 1. The van der Waals surface area contributed by atoms with E-state index in [1.165, 1.54) is 0 Å². The Bertz CT molecular complexity index is 420. The molecule has 0 unspecified atom stereocenters. The van der Waals surface area contributed by atoms with Gasteiger partial charge in [-0.1, -0.05) is 15.9 Å². The van der Waals surface area contributed by atoms with Gasteiger partial charge in [0.25, 0.3) is 5.91 Å². The van der Waals surface area contributed by atoms with Crippen LogP contribution < -0.4 is 0 Å². The Hall–Kier alpha value is -0.460. The lowest BCUT2D eigenvalue weighted by Gasteiger charge is -2.34. The van der Waals surface area contributed by atoms with Crippen LogP contribution >= 0.6 is 31.9 Å². The van der Waals surface area contributed by atoms with Crippen molar-refractivity contribution in [3.05, 3.63) is 28.5 Å². The Morgan fingerprint density at radius 1 is 1.28 bits per heavy atom. The van der Waals surface area contributed by atoms with E-state index in [9.17, 15) is 4.79 Å². The number of carbonyl (C=O) groups excluding carboxylic acids is 1. The summed E-state index contributed by atoms with van der Waals surface area (Å²) in [5.41, 5.74) is 0.651. The minimum Gasteiger partial charge on any atom is -0.336 e. The van der Waals surface area contributed by atoms with Gasteiger partial charge < -0.3 is 4.90 Å². The molecule has 0 bridgehead atoms. The number of carbonyl (C=O) groups is 1. The highest BCUT2D eigenvalue weighted by Crippen LogP contribution is 2.13. The van der Waals surface area contributed by atoms with Crippen molar-refractivity contribution in [3.8, 4) is 0 Å². The Kier molecular flexibility index (Phi) is 5.14. The Morgan fingerprint density at radius 3 is 2.61 bits per heavy atom. The summed E-state index contributed by atoms with van der Waals surface area (Å²) >= 11 is 6.78. The third kappa shape index (κ3) is 3.52. The maximum Gasteiger partial charge on any atom is 0.255 e. The molecule has 6 heteroatoms. The molecule has 0 N–H and O–H groups in total. The minimum absolute atomic E-state index is 0.0716. The highest BCUT2D eigenvalue weighted by Gasteiger charge is 2.21. The van der Waals surface area contributed by atoms with Gasteiger partial charge in [-0.05, 0) is 22.0 Å². The van der Waals surface area contributed by atoms with Crippen LogP contribution in [0, 0.1) is 0 Å². The van der Waals surface area contributed by atoms with Crippen molar-refractivity contribution in [1.82, 2.24) is 14.8 Å². The molecule has 2 rings (SSSR count). The van der Waals surface area contributed by atoms with Gasteiger partial charge in [0.2, 0.25) is 0 Å². The second-order valence-corrected chi connectivity index (χ2v) is 5.92. The van der Waals surface area contributed by atoms with E-state index in [2.05, 4.69) is 41.7 Å². The molecule has 98 valence electrons. The number of nitrogens with zero attached hydrogens (tertiary/aromatic N) is 3. The maximum atomic E-state index is 12.3. The first-order valence-corrected chi connectivity index (χ1v) is 7.80. The molecule has 0 radical (unpaired) electrons. The van der Waals surface area contributed by atoms with Crippen molar-refractivity contribution in [2.75, 3.05) is 38.1 Å². The van der Waals surface area contributed by atoms with E-state index in [-0.39, 0.29) is 5.91 Å². The summed E-state index contributed by atoms with van der Waals surface area (Å²) in [4.78, 5) is 20.5. The molecule has 1 aromatic rings. The van der Waals surface area contributed by atoms with Gasteiger partial charge in [-0.25, -0.2) is 0 Å². The molecule has 18 heavy (non-hydrogen) atoms. The average molecular weight is 377 g/mol. The van der Waals surface area contributed by atoms with E-state index in [0.717, 1.165) is 42.5 Å². The van der Waals surface area contributed by atoms with Crippen molar-refractivity contribution < 1.29 is 4.79 Å². The summed E-state index contributed by atoms with van der Waals surface area (Å²) in [5.74, 6) is 0.0716. The first-order chi connectivity index (χ1) is 8.70. The highest BCUT2D eigenvalue weighted by molar-refractivity contribution is 9.10. The summed E-state index contributed by atoms with van der Waals surface area (Å²) in [7, 11) is 0. The topological polar surface area (TPSA) is 36.4 Å². The lowest BCUT2D eigenvalue weighted by atomic mass is 10.2. The fourth-order valence-corrected chi connectivity index (χ4v) is 2.87. The van der Waals surface area contributed by atoms with Gasteiger partial charge in [-0.2, -0.15) is 0 Å². The lowest BCUT2D eigenvalue weighted by molar-refractivity contribution is 0.0644. The van der Waals surface area contributed by atoms with Gasteiger partial charge in [0.15, 0.2) is 0 Å². The van der Waals surface area contributed by atoms with Crippen LogP contribution in [0.4, 0.5) is 0 Å². The van der Waals surface area contributed by atoms with Crippen molar-refractivity contribution in [2.45, 2.75) is 0 Å². The fourth-order valence-electron chi connectivity index (χ4n) is 2.01. The summed E-state index contributed by atoms with van der Waals surface area (Å²) < 4.78 is 0.839. The van der Waals surface area contributed by atoms with E-state index >= 15 is 0 Å². The zero-order valence-corrected chi connectivity index (χ0v) is 13.2. The predicted octanol–water partition coefficient (Wildman–Crippen LogP) is 2.00. The third-order valence-electron chi connectivity index (χ3n) is 3.01. The van der Waals surface area contributed by atoms with E-state index in [0.29, 0.717) is 5.56 Å². The van der Waals surface area contributed by atoms with Crippen LogP contribution in [0.5, 0.6) is 0 Å². The number of halogens is 2. The van der Waals surface area contributed by atoms with Gasteiger partial charge in [-0.3, -0.25) is 14.7 Å². The Morgan fingerprint density at radius 2 is 2.00 bits per heavy atom. The van der Waals surface area contributed by atoms with Crippen LogP contribution in [0.3, 0.4) is 0 Å². The first-order valence-electron chi connectivity index (χ1n) is 5.89. The number of aromatic nitrogens is 1. The van der Waals surface area contributed by atoms with Crippen LogP contribution in [-0.4, -0.2) is 58.7 Å². The smallest absolute Gasteiger partial charge is 0.255 e. The molecular formula is C12H15Br2N3O. The molecule has 1 aliphatic rings. The molecule has 1 amide bonds. The summed E-state index contributed by atoms with van der Waals surface area (Å²) in [6.45, 7) is 4.51. The number of alkyl halides is 1. The normalized spacial score (nSPS) is 16.9. The zero-order chi connectivity index (χ0) is 13.0. The second kappa shape index (κ2) is 6.63. The monoisotopic (exact) mass is 375 g/mol. The first kappa shape index (κ1) is 14.0. The number of hydrogen-bond donors (Lipinski definition) is 0. The van der Waals surface area contributed by atoms with Crippen molar-refractivity contribution in [1.29, 1.82) is 0 Å². The summed E-state index contributed by atoms with van der Waals surface area (Å²) in [6, 6.07) is 1.82. The van der Waals surface area contributed by atoms with Crippen LogP contribution in [0.15, 0.2) is 22.9 Å². The molecule has 1 aliphatic heterocycles. The SMILES string of the molecule is O=C(c1cncc(Br)c1)N1CCN(CCBr)CC1. The van der Waals surface area contributed by atoms with Crippen LogP contribution in [0.25, 0.3) is 0 Å². The molecule has 1 aromatic heterocycles. The molecule has 0 aromatic carbocycles. The summed E-state index contributed by atoms with van der Waals surface area (Å²) in [5, 5.41) is 0.983. The van der Waals surface area contributed by atoms with Crippen LogP contribution in [0.2, 0.25) is 0 Å². The molecule has 0 spiro atoms. The van der Waals surface area contributed by atoms with Crippen molar-refractivity contribution in [2.24, 2.45) is 0 Å². The van der Waals surface area contributed by atoms with Crippen molar-refractivity contribution in [3.63, 3.8) is 0 Å².